The normalized spacial score (nSPS) is 31.9. The molecule has 19 heavy (non-hydrogen) atoms. The van der Waals surface area contributed by atoms with Crippen molar-refractivity contribution in [2.75, 3.05) is 13.1 Å². The number of likely N-dealkylation sites (tertiary alicyclic amines) is 1. The van der Waals surface area contributed by atoms with Gasteiger partial charge in [0.25, 0.3) is 0 Å². The van der Waals surface area contributed by atoms with E-state index in [0.29, 0.717) is 6.04 Å². The molecule has 0 aromatic heterocycles. The van der Waals surface area contributed by atoms with Crippen LogP contribution < -0.4 is 10.6 Å². The van der Waals surface area contributed by atoms with Gasteiger partial charge in [-0.2, -0.15) is 0 Å². The fourth-order valence-corrected chi connectivity index (χ4v) is 3.01. The van der Waals surface area contributed by atoms with E-state index in [2.05, 4.69) is 17.6 Å². The van der Waals surface area contributed by atoms with Crippen LogP contribution in [0.5, 0.6) is 0 Å². The minimum atomic E-state index is -0.305. The van der Waals surface area contributed by atoms with E-state index in [-0.39, 0.29) is 29.8 Å². The van der Waals surface area contributed by atoms with E-state index in [4.69, 9.17) is 0 Å². The molecule has 0 spiro atoms. The summed E-state index contributed by atoms with van der Waals surface area (Å²) in [5, 5.41) is 6.28. The average Bonchev–Trinajstić information content (AvgIpc) is 2.71. The first-order chi connectivity index (χ1) is 8.99. The number of rotatable bonds is 3. The summed E-state index contributed by atoms with van der Waals surface area (Å²) in [6.07, 6.45) is 2.47. The Morgan fingerprint density at radius 2 is 2.16 bits per heavy atom. The maximum absolute atomic E-state index is 12.2. The van der Waals surface area contributed by atoms with Crippen molar-refractivity contribution in [3.8, 4) is 0 Å². The van der Waals surface area contributed by atoms with Gasteiger partial charge in [0.2, 0.25) is 11.8 Å². The van der Waals surface area contributed by atoms with E-state index >= 15 is 0 Å². The first kappa shape index (κ1) is 14.3. The molecular formula is C14H25N3O2. The quantitative estimate of drug-likeness (QED) is 0.783. The molecule has 0 bridgehead atoms. The number of carbonyl (C=O) groups excluding carboxylic acids is 2. The molecule has 2 amide bonds. The van der Waals surface area contributed by atoms with Crippen molar-refractivity contribution >= 4 is 11.8 Å². The number of hydrogen-bond donors (Lipinski definition) is 2. The van der Waals surface area contributed by atoms with Gasteiger partial charge in [-0.1, -0.05) is 0 Å². The third kappa shape index (κ3) is 3.26. The van der Waals surface area contributed by atoms with Crippen molar-refractivity contribution in [1.82, 2.24) is 15.5 Å². The van der Waals surface area contributed by atoms with Crippen molar-refractivity contribution in [3.05, 3.63) is 0 Å². The highest BCUT2D eigenvalue weighted by Crippen LogP contribution is 2.19. The molecular weight excluding hydrogens is 242 g/mol. The highest BCUT2D eigenvalue weighted by atomic mass is 16.2. The second-order valence-electron chi connectivity index (χ2n) is 6.05. The van der Waals surface area contributed by atoms with Crippen LogP contribution in [0.25, 0.3) is 0 Å². The Bertz CT molecular complexity index is 357. The van der Waals surface area contributed by atoms with Crippen LogP contribution in [-0.2, 0) is 9.59 Å². The summed E-state index contributed by atoms with van der Waals surface area (Å²) in [6, 6.07) is 0.296. The monoisotopic (exact) mass is 267 g/mol. The second kappa shape index (κ2) is 5.90. The Labute approximate surface area is 115 Å². The van der Waals surface area contributed by atoms with Crippen LogP contribution in [0.2, 0.25) is 0 Å². The van der Waals surface area contributed by atoms with E-state index in [1.54, 1.807) is 0 Å². The number of hydrogen-bond acceptors (Lipinski definition) is 3. The standard InChI is InChI=1S/C14H25N3O2/c1-9(2)17-7-5-12(14(17)19)16-13(18)11-4-6-15-10(3)8-11/h9-12,15H,4-8H2,1-3H3,(H,16,18)/t10-,11-,12?/m0/s1. The SMILES string of the molecule is CC(C)N1CCC(NC(=O)[C@H]2CCN[C@@H](C)C2)C1=O. The molecule has 0 aromatic carbocycles. The Morgan fingerprint density at radius 3 is 2.74 bits per heavy atom. The summed E-state index contributed by atoms with van der Waals surface area (Å²) in [4.78, 5) is 26.2. The fraction of sp³-hybridized carbons (Fsp3) is 0.857. The van der Waals surface area contributed by atoms with Crippen molar-refractivity contribution in [1.29, 1.82) is 0 Å². The molecule has 5 nitrogen and oxygen atoms in total. The van der Waals surface area contributed by atoms with E-state index < -0.39 is 0 Å². The third-order valence-corrected chi connectivity index (χ3v) is 4.17. The summed E-state index contributed by atoms with van der Waals surface area (Å²) in [7, 11) is 0. The van der Waals surface area contributed by atoms with Gasteiger partial charge >= 0.3 is 0 Å². The predicted octanol–water partition coefficient (Wildman–Crippen LogP) is 0.500. The molecule has 2 N–H and O–H groups in total. The lowest BCUT2D eigenvalue weighted by molar-refractivity contribution is -0.135. The summed E-state index contributed by atoms with van der Waals surface area (Å²) in [5.41, 5.74) is 0. The Balaban J connectivity index is 1.87. The van der Waals surface area contributed by atoms with Crippen molar-refractivity contribution in [2.45, 2.75) is 58.2 Å². The van der Waals surface area contributed by atoms with E-state index in [0.717, 1.165) is 32.4 Å². The number of nitrogens with one attached hydrogen (secondary N) is 2. The largest absolute Gasteiger partial charge is 0.344 e. The predicted molar refractivity (Wildman–Crippen MR) is 73.6 cm³/mol. The lowest BCUT2D eigenvalue weighted by Gasteiger charge is -2.28. The van der Waals surface area contributed by atoms with Gasteiger partial charge < -0.3 is 15.5 Å². The zero-order valence-corrected chi connectivity index (χ0v) is 12.1. The summed E-state index contributed by atoms with van der Waals surface area (Å²) in [5.74, 6) is 0.180. The average molecular weight is 267 g/mol. The lowest BCUT2D eigenvalue weighted by atomic mass is 9.92. The van der Waals surface area contributed by atoms with Gasteiger partial charge in [0.05, 0.1) is 0 Å². The molecule has 108 valence electrons. The molecule has 1 unspecified atom stereocenters. The van der Waals surface area contributed by atoms with E-state index in [1.807, 2.05) is 18.7 Å². The van der Waals surface area contributed by atoms with Crippen LogP contribution >= 0.6 is 0 Å². The van der Waals surface area contributed by atoms with E-state index in [1.165, 1.54) is 0 Å². The molecule has 2 aliphatic heterocycles. The van der Waals surface area contributed by atoms with Gasteiger partial charge in [0.1, 0.15) is 6.04 Å². The van der Waals surface area contributed by atoms with Gasteiger partial charge in [-0.15, -0.1) is 0 Å². The molecule has 2 saturated heterocycles. The minimum Gasteiger partial charge on any atom is -0.344 e. The molecule has 3 atom stereocenters. The van der Waals surface area contributed by atoms with Crippen LogP contribution in [0.3, 0.4) is 0 Å². The maximum Gasteiger partial charge on any atom is 0.245 e. The van der Waals surface area contributed by atoms with Gasteiger partial charge in [-0.05, 0) is 46.6 Å². The second-order valence-corrected chi connectivity index (χ2v) is 6.05. The Kier molecular flexibility index (Phi) is 4.45. The van der Waals surface area contributed by atoms with Crippen molar-refractivity contribution < 1.29 is 9.59 Å². The number of carbonyl (C=O) groups is 2. The Morgan fingerprint density at radius 1 is 1.42 bits per heavy atom. The molecule has 2 aliphatic rings. The zero-order valence-electron chi connectivity index (χ0n) is 12.1. The fourth-order valence-electron chi connectivity index (χ4n) is 3.01. The van der Waals surface area contributed by atoms with Gasteiger partial charge in [0, 0.05) is 24.5 Å². The molecule has 2 heterocycles. The van der Waals surface area contributed by atoms with Crippen LogP contribution in [0, 0.1) is 5.92 Å². The highest BCUT2D eigenvalue weighted by Gasteiger charge is 2.35. The zero-order chi connectivity index (χ0) is 14.0. The smallest absolute Gasteiger partial charge is 0.245 e. The molecule has 2 rings (SSSR count). The maximum atomic E-state index is 12.2. The van der Waals surface area contributed by atoms with Crippen molar-refractivity contribution in [2.24, 2.45) is 5.92 Å². The molecule has 0 saturated carbocycles. The number of piperidine rings is 1. The number of amides is 2. The lowest BCUT2D eigenvalue weighted by Crippen LogP contribution is -2.48. The Hall–Kier alpha value is -1.10. The molecule has 0 aromatic rings. The third-order valence-electron chi connectivity index (χ3n) is 4.17. The van der Waals surface area contributed by atoms with Gasteiger partial charge in [0.15, 0.2) is 0 Å². The summed E-state index contributed by atoms with van der Waals surface area (Å²) >= 11 is 0. The molecule has 0 aliphatic carbocycles. The van der Waals surface area contributed by atoms with Crippen LogP contribution in [0.1, 0.15) is 40.0 Å². The van der Waals surface area contributed by atoms with Crippen LogP contribution in [0.4, 0.5) is 0 Å². The summed E-state index contributed by atoms with van der Waals surface area (Å²) < 4.78 is 0. The van der Waals surface area contributed by atoms with Crippen molar-refractivity contribution in [3.63, 3.8) is 0 Å². The van der Waals surface area contributed by atoms with Crippen LogP contribution in [0.15, 0.2) is 0 Å². The molecule has 2 fully saturated rings. The summed E-state index contributed by atoms with van der Waals surface area (Å²) in [6.45, 7) is 7.76. The van der Waals surface area contributed by atoms with Gasteiger partial charge in [-0.25, -0.2) is 0 Å². The number of nitrogens with zero attached hydrogens (tertiary/aromatic N) is 1. The molecule has 0 radical (unpaired) electrons. The van der Waals surface area contributed by atoms with Crippen LogP contribution in [-0.4, -0.2) is 47.9 Å². The highest BCUT2D eigenvalue weighted by molar-refractivity contribution is 5.90. The topological polar surface area (TPSA) is 61.4 Å². The first-order valence-corrected chi connectivity index (χ1v) is 7.33. The molecule has 5 heteroatoms. The first-order valence-electron chi connectivity index (χ1n) is 7.33. The van der Waals surface area contributed by atoms with E-state index in [9.17, 15) is 9.59 Å². The minimum absolute atomic E-state index is 0.0529. The van der Waals surface area contributed by atoms with Gasteiger partial charge in [-0.3, -0.25) is 9.59 Å².